The van der Waals surface area contributed by atoms with Crippen molar-refractivity contribution < 1.29 is 17.9 Å². The number of ether oxygens (including phenoxy) is 1. The average molecular weight is 444 g/mol. The number of hydrogen-bond donors (Lipinski definition) is 1. The maximum atomic E-state index is 13.0. The standard InChI is InChI=1S/C18H22ClN3O4S2/c1-12-21-13(11-27-12)7-8-20-18(23)16-4-3-9-22(16)28(24,25)14-5-6-17(26-2)15(19)10-14/h5-6,10-11,16H,3-4,7-9H2,1-2H3,(H,20,23)/t16-/m1/s1. The van der Waals surface area contributed by atoms with Gasteiger partial charge in [-0.25, -0.2) is 13.4 Å². The van der Waals surface area contributed by atoms with E-state index in [1.54, 1.807) is 11.3 Å². The molecule has 28 heavy (non-hydrogen) atoms. The van der Waals surface area contributed by atoms with Gasteiger partial charge in [0.1, 0.15) is 11.8 Å². The molecule has 1 amide bonds. The van der Waals surface area contributed by atoms with Gasteiger partial charge in [0.15, 0.2) is 0 Å². The molecule has 2 aromatic rings. The number of amides is 1. The van der Waals surface area contributed by atoms with Gasteiger partial charge in [0.25, 0.3) is 0 Å². The molecule has 1 fully saturated rings. The van der Waals surface area contributed by atoms with Gasteiger partial charge in [0.05, 0.1) is 27.7 Å². The van der Waals surface area contributed by atoms with Crippen molar-refractivity contribution in [1.82, 2.24) is 14.6 Å². The summed E-state index contributed by atoms with van der Waals surface area (Å²) in [6.45, 7) is 2.65. The fraction of sp³-hybridized carbons (Fsp3) is 0.444. The van der Waals surface area contributed by atoms with Crippen molar-refractivity contribution in [2.75, 3.05) is 20.2 Å². The quantitative estimate of drug-likeness (QED) is 0.710. The highest BCUT2D eigenvalue weighted by molar-refractivity contribution is 7.89. The number of rotatable bonds is 7. The molecule has 0 unspecified atom stereocenters. The molecule has 1 aliphatic rings. The van der Waals surface area contributed by atoms with Gasteiger partial charge in [0, 0.05) is 24.9 Å². The molecule has 0 bridgehead atoms. The predicted molar refractivity (Wildman–Crippen MR) is 108 cm³/mol. The van der Waals surface area contributed by atoms with Crippen LogP contribution in [0.25, 0.3) is 0 Å². The molecular weight excluding hydrogens is 422 g/mol. The van der Waals surface area contributed by atoms with Crippen LogP contribution < -0.4 is 10.1 Å². The fourth-order valence-corrected chi connectivity index (χ4v) is 5.84. The summed E-state index contributed by atoms with van der Waals surface area (Å²) in [5.41, 5.74) is 0.923. The van der Waals surface area contributed by atoms with Crippen molar-refractivity contribution in [3.05, 3.63) is 39.3 Å². The summed E-state index contributed by atoms with van der Waals surface area (Å²) in [5, 5.41) is 5.99. The molecule has 1 N–H and O–H groups in total. The molecule has 1 atom stereocenters. The molecule has 7 nitrogen and oxygen atoms in total. The molecule has 3 rings (SSSR count). The summed E-state index contributed by atoms with van der Waals surface area (Å²) in [4.78, 5) is 17.0. The molecule has 0 radical (unpaired) electrons. The summed E-state index contributed by atoms with van der Waals surface area (Å²) in [7, 11) is -2.37. The lowest BCUT2D eigenvalue weighted by Gasteiger charge is -2.23. The first kappa shape index (κ1) is 21.0. The second-order valence-electron chi connectivity index (χ2n) is 6.47. The first-order valence-corrected chi connectivity index (χ1v) is 11.6. The zero-order chi connectivity index (χ0) is 20.3. The van der Waals surface area contributed by atoms with Gasteiger partial charge >= 0.3 is 0 Å². The maximum Gasteiger partial charge on any atom is 0.243 e. The van der Waals surface area contributed by atoms with Crippen molar-refractivity contribution in [3.63, 3.8) is 0 Å². The smallest absolute Gasteiger partial charge is 0.243 e. The van der Waals surface area contributed by atoms with E-state index in [0.29, 0.717) is 38.1 Å². The van der Waals surface area contributed by atoms with E-state index in [2.05, 4.69) is 10.3 Å². The topological polar surface area (TPSA) is 88.6 Å². The zero-order valence-corrected chi connectivity index (χ0v) is 18.0. The number of halogens is 1. The molecule has 1 saturated heterocycles. The summed E-state index contributed by atoms with van der Waals surface area (Å²) < 4.78 is 32.4. The molecular formula is C18H22ClN3O4S2. The molecule has 10 heteroatoms. The monoisotopic (exact) mass is 443 g/mol. The van der Waals surface area contributed by atoms with Crippen molar-refractivity contribution in [3.8, 4) is 5.75 Å². The Hall–Kier alpha value is -1.68. The van der Waals surface area contributed by atoms with E-state index in [1.807, 2.05) is 12.3 Å². The summed E-state index contributed by atoms with van der Waals surface area (Å²) in [5.74, 6) is 0.112. The lowest BCUT2D eigenvalue weighted by atomic mass is 10.2. The van der Waals surface area contributed by atoms with E-state index in [4.69, 9.17) is 16.3 Å². The van der Waals surface area contributed by atoms with Crippen LogP contribution in [0.1, 0.15) is 23.5 Å². The minimum Gasteiger partial charge on any atom is -0.495 e. The lowest BCUT2D eigenvalue weighted by molar-refractivity contribution is -0.124. The second kappa shape index (κ2) is 8.77. The molecule has 0 spiro atoms. The number of carbonyl (C=O) groups excluding carboxylic acids is 1. The number of nitrogens with one attached hydrogen (secondary N) is 1. The number of benzene rings is 1. The Bertz CT molecular complexity index is 961. The van der Waals surface area contributed by atoms with Crippen LogP contribution in [-0.4, -0.2) is 49.9 Å². The fourth-order valence-electron chi connectivity index (χ4n) is 3.19. The highest BCUT2D eigenvalue weighted by Crippen LogP contribution is 2.31. The van der Waals surface area contributed by atoms with Gasteiger partial charge in [-0.15, -0.1) is 11.3 Å². The summed E-state index contributed by atoms with van der Waals surface area (Å²) >= 11 is 7.64. The van der Waals surface area contributed by atoms with Crippen LogP contribution in [0, 0.1) is 6.92 Å². The van der Waals surface area contributed by atoms with Crippen LogP contribution in [0.4, 0.5) is 0 Å². The molecule has 1 aromatic carbocycles. The largest absolute Gasteiger partial charge is 0.495 e. The highest BCUT2D eigenvalue weighted by atomic mass is 35.5. The van der Waals surface area contributed by atoms with Gasteiger partial charge in [-0.2, -0.15) is 4.31 Å². The minimum absolute atomic E-state index is 0.0518. The number of aryl methyl sites for hydroxylation is 1. The molecule has 0 saturated carbocycles. The number of thiazole rings is 1. The van der Waals surface area contributed by atoms with Gasteiger partial charge in [-0.05, 0) is 38.0 Å². The van der Waals surface area contributed by atoms with Crippen LogP contribution >= 0.6 is 22.9 Å². The molecule has 1 aromatic heterocycles. The molecule has 2 heterocycles. The SMILES string of the molecule is COc1ccc(S(=O)(=O)N2CCC[C@@H]2C(=O)NCCc2csc(C)n2)cc1Cl. The Morgan fingerprint density at radius 3 is 2.89 bits per heavy atom. The number of sulfonamides is 1. The predicted octanol–water partition coefficient (Wildman–Crippen LogP) is 2.63. The number of hydrogen-bond acceptors (Lipinski definition) is 6. The minimum atomic E-state index is -3.83. The normalized spacial score (nSPS) is 17.6. The van der Waals surface area contributed by atoms with Crippen LogP contribution in [-0.2, 0) is 21.2 Å². The van der Waals surface area contributed by atoms with Crippen molar-refractivity contribution in [2.24, 2.45) is 0 Å². The zero-order valence-electron chi connectivity index (χ0n) is 15.6. The Labute approximate surface area is 173 Å². The first-order chi connectivity index (χ1) is 13.3. The highest BCUT2D eigenvalue weighted by Gasteiger charge is 2.39. The summed E-state index contributed by atoms with van der Waals surface area (Å²) in [6.07, 6.45) is 1.74. The first-order valence-electron chi connectivity index (χ1n) is 8.87. The van der Waals surface area contributed by atoms with E-state index < -0.39 is 16.1 Å². The number of methoxy groups -OCH3 is 1. The van der Waals surface area contributed by atoms with Gasteiger partial charge in [-0.1, -0.05) is 11.6 Å². The Kier molecular flexibility index (Phi) is 6.59. The Morgan fingerprint density at radius 1 is 1.46 bits per heavy atom. The van der Waals surface area contributed by atoms with Crippen LogP contribution in [0.15, 0.2) is 28.5 Å². The third kappa shape index (κ3) is 4.48. The third-order valence-electron chi connectivity index (χ3n) is 4.58. The van der Waals surface area contributed by atoms with Crippen LogP contribution in [0.5, 0.6) is 5.75 Å². The van der Waals surface area contributed by atoms with Gasteiger partial charge in [0.2, 0.25) is 15.9 Å². The average Bonchev–Trinajstić information content (AvgIpc) is 3.31. The molecule has 0 aliphatic carbocycles. The number of carbonyl (C=O) groups is 1. The second-order valence-corrected chi connectivity index (χ2v) is 9.83. The Morgan fingerprint density at radius 2 is 2.25 bits per heavy atom. The van der Waals surface area contributed by atoms with Crippen LogP contribution in [0.2, 0.25) is 5.02 Å². The lowest BCUT2D eigenvalue weighted by Crippen LogP contribution is -2.46. The third-order valence-corrected chi connectivity index (χ3v) is 7.60. The molecule has 1 aliphatic heterocycles. The number of aromatic nitrogens is 1. The summed E-state index contributed by atoms with van der Waals surface area (Å²) in [6, 6.07) is 3.59. The van der Waals surface area contributed by atoms with Gasteiger partial charge < -0.3 is 10.1 Å². The van der Waals surface area contributed by atoms with Gasteiger partial charge in [-0.3, -0.25) is 4.79 Å². The van der Waals surface area contributed by atoms with E-state index in [0.717, 1.165) is 10.7 Å². The van der Waals surface area contributed by atoms with Crippen molar-refractivity contribution in [2.45, 2.75) is 37.1 Å². The maximum absolute atomic E-state index is 13.0. The van der Waals surface area contributed by atoms with E-state index in [1.165, 1.54) is 29.6 Å². The van der Waals surface area contributed by atoms with Crippen molar-refractivity contribution >= 4 is 38.9 Å². The van der Waals surface area contributed by atoms with Crippen molar-refractivity contribution in [1.29, 1.82) is 0 Å². The molecule has 152 valence electrons. The van der Waals surface area contributed by atoms with E-state index >= 15 is 0 Å². The number of nitrogens with zero attached hydrogens (tertiary/aromatic N) is 2. The Balaban J connectivity index is 1.68. The van der Waals surface area contributed by atoms with E-state index in [9.17, 15) is 13.2 Å². The van der Waals surface area contributed by atoms with Crippen LogP contribution in [0.3, 0.4) is 0 Å². The van der Waals surface area contributed by atoms with E-state index in [-0.39, 0.29) is 15.8 Å².